The highest BCUT2D eigenvalue weighted by molar-refractivity contribution is 14.0. The zero-order valence-electron chi connectivity index (χ0n) is 15.4. The van der Waals surface area contributed by atoms with Crippen LogP contribution in [0.3, 0.4) is 0 Å². The Morgan fingerprint density at radius 2 is 1.92 bits per heavy atom. The average Bonchev–Trinajstić information content (AvgIpc) is 3.23. The number of rotatable bonds is 12. The van der Waals surface area contributed by atoms with Crippen molar-refractivity contribution in [3.63, 3.8) is 0 Å². The molecule has 0 bridgehead atoms. The maximum Gasteiger partial charge on any atom is 0.191 e. The van der Waals surface area contributed by atoms with Gasteiger partial charge in [0.2, 0.25) is 0 Å². The van der Waals surface area contributed by atoms with E-state index in [9.17, 15) is 0 Å². The summed E-state index contributed by atoms with van der Waals surface area (Å²) in [6, 6.07) is 0. The summed E-state index contributed by atoms with van der Waals surface area (Å²) in [4.78, 5) is 7.21. The Morgan fingerprint density at radius 3 is 2.62 bits per heavy atom. The molecule has 6 heteroatoms. The minimum absolute atomic E-state index is 0. The minimum atomic E-state index is 0. The monoisotopic (exact) mass is 452 g/mol. The zero-order valence-corrected chi connectivity index (χ0v) is 17.7. The van der Waals surface area contributed by atoms with E-state index in [0.29, 0.717) is 0 Å². The van der Waals surface area contributed by atoms with Crippen LogP contribution in [-0.4, -0.2) is 63.3 Å². The van der Waals surface area contributed by atoms with Crippen molar-refractivity contribution in [2.75, 3.05) is 52.5 Å². The first-order chi connectivity index (χ1) is 11.4. The Morgan fingerprint density at radius 1 is 1.12 bits per heavy atom. The second-order valence-electron chi connectivity index (χ2n) is 6.82. The lowest BCUT2D eigenvalue weighted by atomic mass is 10.3. The standard InChI is InChI=1S/C18H36N4O.HI/c1-2-19-18(21-11-7-15-23-16-17-8-9-17)20-10-3-4-12-22-13-5-6-14-22;/h17H,2-16H2,1H3,(H2,19,20,21);1H. The summed E-state index contributed by atoms with van der Waals surface area (Å²) in [7, 11) is 0. The molecule has 5 nitrogen and oxygen atoms in total. The van der Waals surface area contributed by atoms with Crippen molar-refractivity contribution in [3.05, 3.63) is 0 Å². The van der Waals surface area contributed by atoms with E-state index in [-0.39, 0.29) is 24.0 Å². The first-order valence-corrected chi connectivity index (χ1v) is 9.70. The second-order valence-corrected chi connectivity index (χ2v) is 6.82. The molecule has 1 saturated heterocycles. The Labute approximate surface area is 165 Å². The Hall–Kier alpha value is -0.0800. The average molecular weight is 452 g/mol. The number of aliphatic imine (C=N–C) groups is 1. The van der Waals surface area contributed by atoms with E-state index in [4.69, 9.17) is 4.74 Å². The maximum atomic E-state index is 5.65. The highest BCUT2D eigenvalue weighted by Crippen LogP contribution is 2.28. The number of likely N-dealkylation sites (tertiary alicyclic amines) is 1. The van der Waals surface area contributed by atoms with Gasteiger partial charge in [0, 0.05) is 32.8 Å². The molecule has 1 aliphatic heterocycles. The van der Waals surface area contributed by atoms with Gasteiger partial charge < -0.3 is 20.3 Å². The third-order valence-corrected chi connectivity index (χ3v) is 4.50. The number of hydrogen-bond acceptors (Lipinski definition) is 3. The minimum Gasteiger partial charge on any atom is -0.381 e. The number of nitrogens with one attached hydrogen (secondary N) is 2. The third kappa shape index (κ3) is 10.7. The van der Waals surface area contributed by atoms with Gasteiger partial charge in [0.1, 0.15) is 0 Å². The molecule has 2 N–H and O–H groups in total. The fourth-order valence-corrected chi connectivity index (χ4v) is 2.91. The molecule has 0 aromatic heterocycles. The van der Waals surface area contributed by atoms with Crippen molar-refractivity contribution in [2.24, 2.45) is 10.9 Å². The molecule has 2 rings (SSSR count). The van der Waals surface area contributed by atoms with Crippen LogP contribution in [0.4, 0.5) is 0 Å². The lowest BCUT2D eigenvalue weighted by molar-refractivity contribution is 0.123. The van der Waals surface area contributed by atoms with Gasteiger partial charge in [-0.15, -0.1) is 24.0 Å². The highest BCUT2D eigenvalue weighted by Gasteiger charge is 2.20. The van der Waals surface area contributed by atoms with E-state index in [2.05, 4.69) is 27.4 Å². The van der Waals surface area contributed by atoms with E-state index in [1.54, 1.807) is 0 Å². The molecular formula is C18H37IN4O. The predicted octanol–water partition coefficient (Wildman–Crippen LogP) is 2.85. The lowest BCUT2D eigenvalue weighted by Crippen LogP contribution is -2.38. The van der Waals surface area contributed by atoms with E-state index in [1.807, 2.05) is 0 Å². The van der Waals surface area contributed by atoms with Gasteiger partial charge in [-0.05, 0) is 77.4 Å². The highest BCUT2D eigenvalue weighted by atomic mass is 127. The summed E-state index contributed by atoms with van der Waals surface area (Å²) in [5.41, 5.74) is 0. The van der Waals surface area contributed by atoms with Crippen LogP contribution >= 0.6 is 24.0 Å². The Kier molecular flexibility index (Phi) is 12.9. The van der Waals surface area contributed by atoms with Crippen LogP contribution in [-0.2, 0) is 4.74 Å². The van der Waals surface area contributed by atoms with Gasteiger partial charge in [-0.1, -0.05) is 0 Å². The van der Waals surface area contributed by atoms with Crippen LogP contribution < -0.4 is 10.6 Å². The molecule has 0 unspecified atom stereocenters. The summed E-state index contributed by atoms with van der Waals surface area (Å²) in [5.74, 6) is 1.81. The number of ether oxygens (including phenoxy) is 1. The topological polar surface area (TPSA) is 48.9 Å². The van der Waals surface area contributed by atoms with E-state index in [1.165, 1.54) is 58.2 Å². The van der Waals surface area contributed by atoms with Crippen LogP contribution in [0.15, 0.2) is 4.99 Å². The van der Waals surface area contributed by atoms with Crippen LogP contribution in [0.5, 0.6) is 0 Å². The van der Waals surface area contributed by atoms with Gasteiger partial charge in [-0.25, -0.2) is 0 Å². The largest absolute Gasteiger partial charge is 0.381 e. The number of guanidine groups is 1. The summed E-state index contributed by atoms with van der Waals surface area (Å²) in [6.07, 6.45) is 9.01. The zero-order chi connectivity index (χ0) is 16.2. The van der Waals surface area contributed by atoms with Gasteiger partial charge in [0.25, 0.3) is 0 Å². The van der Waals surface area contributed by atoms with Crippen LogP contribution in [0.1, 0.15) is 51.9 Å². The van der Waals surface area contributed by atoms with Crippen LogP contribution in [0.2, 0.25) is 0 Å². The number of unbranched alkanes of at least 4 members (excludes halogenated alkanes) is 1. The van der Waals surface area contributed by atoms with Crippen molar-refractivity contribution >= 4 is 29.9 Å². The van der Waals surface area contributed by atoms with E-state index < -0.39 is 0 Å². The molecule has 0 aromatic rings. The summed E-state index contributed by atoms with van der Waals surface area (Å²) >= 11 is 0. The SMILES string of the molecule is CCNC(=NCCCOCC1CC1)NCCCCN1CCCC1.I. The molecule has 1 saturated carbocycles. The molecule has 2 fully saturated rings. The molecule has 0 spiro atoms. The molecule has 0 atom stereocenters. The molecule has 24 heavy (non-hydrogen) atoms. The van der Waals surface area contributed by atoms with Crippen molar-refractivity contribution in [2.45, 2.75) is 51.9 Å². The van der Waals surface area contributed by atoms with E-state index in [0.717, 1.165) is 51.1 Å². The number of nitrogens with zero attached hydrogens (tertiary/aromatic N) is 2. The third-order valence-electron chi connectivity index (χ3n) is 4.50. The van der Waals surface area contributed by atoms with E-state index >= 15 is 0 Å². The van der Waals surface area contributed by atoms with Gasteiger partial charge in [0.05, 0.1) is 0 Å². The Balaban J connectivity index is 0.00000288. The maximum absolute atomic E-state index is 5.65. The van der Waals surface area contributed by atoms with Crippen molar-refractivity contribution in [1.29, 1.82) is 0 Å². The predicted molar refractivity (Wildman–Crippen MR) is 112 cm³/mol. The number of hydrogen-bond donors (Lipinski definition) is 2. The molecular weight excluding hydrogens is 415 g/mol. The molecule has 0 aromatic carbocycles. The number of halogens is 1. The fourth-order valence-electron chi connectivity index (χ4n) is 2.91. The molecule has 0 amide bonds. The molecule has 2 aliphatic rings. The smallest absolute Gasteiger partial charge is 0.191 e. The Bertz CT molecular complexity index is 331. The first kappa shape index (κ1) is 22.0. The molecule has 0 radical (unpaired) electrons. The molecule has 1 heterocycles. The van der Waals surface area contributed by atoms with Gasteiger partial charge in [0.15, 0.2) is 5.96 Å². The van der Waals surface area contributed by atoms with Crippen LogP contribution in [0.25, 0.3) is 0 Å². The summed E-state index contributed by atoms with van der Waals surface area (Å²) in [6.45, 7) is 10.6. The van der Waals surface area contributed by atoms with Crippen molar-refractivity contribution in [3.8, 4) is 0 Å². The van der Waals surface area contributed by atoms with Crippen LogP contribution in [0, 0.1) is 5.92 Å². The fraction of sp³-hybridized carbons (Fsp3) is 0.944. The summed E-state index contributed by atoms with van der Waals surface area (Å²) < 4.78 is 5.65. The molecule has 1 aliphatic carbocycles. The second kappa shape index (κ2) is 14.1. The van der Waals surface area contributed by atoms with Gasteiger partial charge in [-0.3, -0.25) is 4.99 Å². The lowest BCUT2D eigenvalue weighted by Gasteiger charge is -2.15. The molecule has 142 valence electrons. The van der Waals surface area contributed by atoms with Crippen molar-refractivity contribution < 1.29 is 4.74 Å². The quantitative estimate of drug-likeness (QED) is 0.207. The first-order valence-electron chi connectivity index (χ1n) is 9.70. The summed E-state index contributed by atoms with van der Waals surface area (Å²) in [5, 5.41) is 6.77. The van der Waals surface area contributed by atoms with Gasteiger partial charge in [-0.2, -0.15) is 0 Å². The van der Waals surface area contributed by atoms with Crippen molar-refractivity contribution in [1.82, 2.24) is 15.5 Å². The van der Waals surface area contributed by atoms with Gasteiger partial charge >= 0.3 is 0 Å². The normalized spacial score (nSPS) is 18.5.